The quantitative estimate of drug-likeness (QED) is 0.892. The highest BCUT2D eigenvalue weighted by atomic mass is 35.5. The molecule has 0 saturated heterocycles. The summed E-state index contributed by atoms with van der Waals surface area (Å²) in [5.41, 5.74) is 2.04. The molecule has 2 aromatic rings. The van der Waals surface area contributed by atoms with Gasteiger partial charge in [0.05, 0.1) is 6.61 Å². The van der Waals surface area contributed by atoms with Gasteiger partial charge in [0.2, 0.25) is 0 Å². The highest BCUT2D eigenvalue weighted by molar-refractivity contribution is 6.30. The molecule has 2 aromatic carbocycles. The summed E-state index contributed by atoms with van der Waals surface area (Å²) >= 11 is 5.75. The van der Waals surface area contributed by atoms with Crippen molar-refractivity contribution in [2.75, 3.05) is 5.32 Å². The van der Waals surface area contributed by atoms with Crippen molar-refractivity contribution in [2.45, 2.75) is 6.61 Å². The van der Waals surface area contributed by atoms with Crippen molar-refractivity contribution in [2.24, 2.45) is 0 Å². The van der Waals surface area contributed by atoms with Crippen LogP contribution in [0.1, 0.15) is 15.9 Å². The summed E-state index contributed by atoms with van der Waals surface area (Å²) in [4.78, 5) is 11.9. The number of aliphatic hydroxyl groups is 1. The van der Waals surface area contributed by atoms with Crippen molar-refractivity contribution < 1.29 is 9.90 Å². The predicted octanol–water partition coefficient (Wildman–Crippen LogP) is 3.08. The molecule has 0 bridgehead atoms. The number of rotatable bonds is 3. The molecule has 0 aromatic heterocycles. The summed E-state index contributed by atoms with van der Waals surface area (Å²) in [6.07, 6.45) is 0. The molecule has 0 unspecified atom stereocenters. The van der Waals surface area contributed by atoms with Crippen molar-refractivity contribution in [1.82, 2.24) is 0 Å². The zero-order valence-corrected chi connectivity index (χ0v) is 10.3. The fraction of sp³-hybridized carbons (Fsp3) is 0.0714. The molecule has 0 fully saturated rings. The third-order valence-corrected chi connectivity index (χ3v) is 2.75. The normalized spacial score (nSPS) is 10.1. The number of benzene rings is 2. The lowest BCUT2D eigenvalue weighted by Crippen LogP contribution is -2.11. The van der Waals surface area contributed by atoms with Gasteiger partial charge in [0, 0.05) is 16.3 Å². The Labute approximate surface area is 110 Å². The molecule has 3 nitrogen and oxygen atoms in total. The molecule has 4 heteroatoms. The van der Waals surface area contributed by atoms with Gasteiger partial charge in [-0.25, -0.2) is 0 Å². The minimum absolute atomic E-state index is 0.00852. The van der Waals surface area contributed by atoms with Crippen LogP contribution in [0.3, 0.4) is 0 Å². The van der Waals surface area contributed by atoms with Crippen LogP contribution in [0.4, 0.5) is 5.69 Å². The third-order valence-electron chi connectivity index (χ3n) is 2.50. The van der Waals surface area contributed by atoms with E-state index < -0.39 is 0 Å². The highest BCUT2D eigenvalue weighted by Gasteiger charge is 2.05. The van der Waals surface area contributed by atoms with E-state index in [0.29, 0.717) is 16.3 Å². The summed E-state index contributed by atoms with van der Waals surface area (Å²) in [6.45, 7) is -0.00852. The fourth-order valence-corrected chi connectivity index (χ4v) is 1.62. The van der Waals surface area contributed by atoms with E-state index in [4.69, 9.17) is 16.7 Å². The first-order valence-electron chi connectivity index (χ1n) is 5.46. The molecule has 2 N–H and O–H groups in total. The topological polar surface area (TPSA) is 49.3 Å². The number of carbonyl (C=O) groups excluding carboxylic acids is 1. The maximum Gasteiger partial charge on any atom is 0.255 e. The van der Waals surface area contributed by atoms with Gasteiger partial charge < -0.3 is 10.4 Å². The third kappa shape index (κ3) is 3.09. The molecule has 2 rings (SSSR count). The van der Waals surface area contributed by atoms with Gasteiger partial charge in [-0.15, -0.1) is 0 Å². The van der Waals surface area contributed by atoms with Gasteiger partial charge in [-0.1, -0.05) is 23.7 Å². The predicted molar refractivity (Wildman–Crippen MR) is 71.8 cm³/mol. The lowest BCUT2D eigenvalue weighted by Gasteiger charge is -2.06. The molecule has 92 valence electrons. The van der Waals surface area contributed by atoms with Crippen LogP contribution in [0, 0.1) is 0 Å². The fourth-order valence-electron chi connectivity index (χ4n) is 1.50. The van der Waals surface area contributed by atoms with E-state index in [9.17, 15) is 4.79 Å². The van der Waals surface area contributed by atoms with E-state index in [2.05, 4.69) is 5.32 Å². The molecular formula is C14H12ClNO2. The molecule has 0 heterocycles. The summed E-state index contributed by atoms with van der Waals surface area (Å²) in [5.74, 6) is -0.191. The SMILES string of the molecule is O=C(Nc1ccc(CO)cc1)c1ccc(Cl)cc1. The average Bonchev–Trinajstić information content (AvgIpc) is 2.40. The van der Waals surface area contributed by atoms with E-state index in [1.165, 1.54) is 0 Å². The summed E-state index contributed by atoms with van der Waals surface area (Å²) in [5, 5.41) is 12.3. The van der Waals surface area contributed by atoms with E-state index in [0.717, 1.165) is 5.56 Å². The van der Waals surface area contributed by atoms with Crippen LogP contribution >= 0.6 is 11.6 Å². The molecule has 0 aliphatic carbocycles. The first kappa shape index (κ1) is 12.6. The number of aliphatic hydroxyl groups excluding tert-OH is 1. The largest absolute Gasteiger partial charge is 0.392 e. The summed E-state index contributed by atoms with van der Waals surface area (Å²) in [7, 11) is 0. The zero-order chi connectivity index (χ0) is 13.0. The molecule has 0 atom stereocenters. The number of halogens is 1. The minimum Gasteiger partial charge on any atom is -0.392 e. The Morgan fingerprint density at radius 2 is 1.67 bits per heavy atom. The molecule has 0 aliphatic heterocycles. The van der Waals surface area contributed by atoms with Gasteiger partial charge in [-0.3, -0.25) is 4.79 Å². The molecule has 0 saturated carbocycles. The maximum atomic E-state index is 11.9. The van der Waals surface area contributed by atoms with Gasteiger partial charge >= 0.3 is 0 Å². The standard InChI is InChI=1S/C14H12ClNO2/c15-12-5-3-11(4-6-12)14(18)16-13-7-1-10(9-17)2-8-13/h1-8,17H,9H2,(H,16,18). The Balaban J connectivity index is 2.08. The zero-order valence-electron chi connectivity index (χ0n) is 9.56. The average molecular weight is 262 g/mol. The van der Waals surface area contributed by atoms with Gasteiger partial charge in [0.1, 0.15) is 0 Å². The van der Waals surface area contributed by atoms with Gasteiger partial charge in [-0.2, -0.15) is 0 Å². The molecule has 0 radical (unpaired) electrons. The first-order valence-corrected chi connectivity index (χ1v) is 5.83. The monoisotopic (exact) mass is 261 g/mol. The lowest BCUT2D eigenvalue weighted by molar-refractivity contribution is 0.102. The number of amides is 1. The van der Waals surface area contributed by atoms with Crippen LogP contribution in [0.15, 0.2) is 48.5 Å². The lowest BCUT2D eigenvalue weighted by atomic mass is 10.2. The van der Waals surface area contributed by atoms with Gasteiger partial charge in [-0.05, 0) is 42.0 Å². The van der Waals surface area contributed by atoms with Crippen LogP contribution in [-0.2, 0) is 6.61 Å². The van der Waals surface area contributed by atoms with Crippen LogP contribution < -0.4 is 5.32 Å². The Hall–Kier alpha value is -1.84. The number of hydrogen-bond donors (Lipinski definition) is 2. The Morgan fingerprint density at radius 3 is 2.22 bits per heavy atom. The Morgan fingerprint density at radius 1 is 1.06 bits per heavy atom. The Bertz CT molecular complexity index is 535. The molecule has 1 amide bonds. The maximum absolute atomic E-state index is 11.9. The van der Waals surface area contributed by atoms with Crippen molar-refractivity contribution in [3.8, 4) is 0 Å². The number of hydrogen-bond acceptors (Lipinski definition) is 2. The second-order valence-corrected chi connectivity index (χ2v) is 4.25. The van der Waals surface area contributed by atoms with E-state index in [1.54, 1.807) is 48.5 Å². The molecule has 18 heavy (non-hydrogen) atoms. The van der Waals surface area contributed by atoms with Crippen LogP contribution in [0.5, 0.6) is 0 Å². The molecule has 0 aliphatic rings. The second kappa shape index (κ2) is 5.67. The van der Waals surface area contributed by atoms with E-state index in [1.807, 2.05) is 0 Å². The van der Waals surface area contributed by atoms with Crippen molar-refractivity contribution in [1.29, 1.82) is 0 Å². The summed E-state index contributed by atoms with van der Waals surface area (Å²) < 4.78 is 0. The number of carbonyl (C=O) groups is 1. The highest BCUT2D eigenvalue weighted by Crippen LogP contribution is 2.13. The van der Waals surface area contributed by atoms with Gasteiger partial charge in [0.25, 0.3) is 5.91 Å². The first-order chi connectivity index (χ1) is 8.69. The van der Waals surface area contributed by atoms with Crippen LogP contribution in [-0.4, -0.2) is 11.0 Å². The molecule has 0 spiro atoms. The van der Waals surface area contributed by atoms with Crippen molar-refractivity contribution in [3.05, 3.63) is 64.7 Å². The number of anilines is 1. The van der Waals surface area contributed by atoms with Crippen LogP contribution in [0.25, 0.3) is 0 Å². The van der Waals surface area contributed by atoms with Crippen LogP contribution in [0.2, 0.25) is 5.02 Å². The molecular weight excluding hydrogens is 250 g/mol. The van der Waals surface area contributed by atoms with Gasteiger partial charge in [0.15, 0.2) is 0 Å². The van der Waals surface area contributed by atoms with Crippen molar-refractivity contribution >= 4 is 23.2 Å². The summed E-state index contributed by atoms with van der Waals surface area (Å²) in [6, 6.07) is 13.7. The van der Waals surface area contributed by atoms with E-state index in [-0.39, 0.29) is 12.5 Å². The minimum atomic E-state index is -0.191. The second-order valence-electron chi connectivity index (χ2n) is 3.82. The Kier molecular flexibility index (Phi) is 3.97. The van der Waals surface area contributed by atoms with E-state index >= 15 is 0 Å². The smallest absolute Gasteiger partial charge is 0.255 e. The van der Waals surface area contributed by atoms with Crippen molar-refractivity contribution in [3.63, 3.8) is 0 Å². The number of nitrogens with one attached hydrogen (secondary N) is 1.